The molecular weight excluding hydrogens is 466 g/mol. The number of carbonyl (C=O) groups is 1. The number of aromatic nitrogens is 2. The van der Waals surface area contributed by atoms with Gasteiger partial charge in [0.25, 0.3) is 0 Å². The van der Waals surface area contributed by atoms with Gasteiger partial charge in [-0.25, -0.2) is 4.79 Å². The van der Waals surface area contributed by atoms with Crippen molar-refractivity contribution in [2.75, 3.05) is 13.1 Å². The number of rotatable bonds is 1. The van der Waals surface area contributed by atoms with Crippen LogP contribution in [0.25, 0.3) is 11.4 Å². The minimum Gasteiger partial charge on any atom is -0.506 e. The third-order valence-electron chi connectivity index (χ3n) is 6.63. The number of aromatic hydroxyl groups is 1. The first kappa shape index (κ1) is 24.6. The van der Waals surface area contributed by atoms with E-state index in [1.165, 1.54) is 0 Å². The Labute approximate surface area is 217 Å². The third kappa shape index (κ3) is 5.07. The normalized spacial score (nSPS) is 15.6. The highest BCUT2D eigenvalue weighted by atomic mass is 16.6. The number of benzene rings is 2. The molecule has 192 valence electrons. The molecular formula is C30H33N3O4. The zero-order valence-corrected chi connectivity index (χ0v) is 21.5. The summed E-state index contributed by atoms with van der Waals surface area (Å²) in [5.74, 6) is 1.20. The lowest BCUT2D eigenvalue weighted by Crippen LogP contribution is -2.50. The molecule has 1 amide bonds. The van der Waals surface area contributed by atoms with E-state index in [1.807, 2.05) is 86.3 Å². The number of nitrogens with zero attached hydrogens (tertiary/aromatic N) is 3. The molecule has 4 heterocycles. The van der Waals surface area contributed by atoms with Gasteiger partial charge in [0.15, 0.2) is 5.60 Å². The lowest BCUT2D eigenvalue weighted by atomic mass is 9.86. The molecule has 2 aromatic carbocycles. The number of phenols is 1. The summed E-state index contributed by atoms with van der Waals surface area (Å²) in [6.45, 7) is 6.93. The van der Waals surface area contributed by atoms with Gasteiger partial charge < -0.3 is 28.6 Å². The largest absolute Gasteiger partial charge is 0.506 e. The summed E-state index contributed by atoms with van der Waals surface area (Å²) in [6, 6.07) is 23.4. The maximum atomic E-state index is 12.3. The second kappa shape index (κ2) is 9.73. The Hall–Kier alpha value is -4.13. The average molecular weight is 500 g/mol. The Morgan fingerprint density at radius 3 is 2.19 bits per heavy atom. The number of amides is 1. The van der Waals surface area contributed by atoms with Gasteiger partial charge in [0.05, 0.1) is 17.1 Å². The van der Waals surface area contributed by atoms with Crippen molar-refractivity contribution in [2.45, 2.75) is 44.8 Å². The van der Waals surface area contributed by atoms with Crippen LogP contribution in [0.2, 0.25) is 0 Å². The Balaban J connectivity index is 0.000000195. The molecule has 0 radical (unpaired) electrons. The number of para-hydroxylation sites is 4. The van der Waals surface area contributed by atoms with Crippen molar-refractivity contribution in [3.8, 4) is 22.9 Å². The van der Waals surface area contributed by atoms with Crippen LogP contribution in [0.1, 0.15) is 39.3 Å². The number of hydrogen-bond donors (Lipinski definition) is 1. The molecule has 1 saturated heterocycles. The van der Waals surface area contributed by atoms with Crippen LogP contribution >= 0.6 is 0 Å². The zero-order chi connectivity index (χ0) is 26.0. The Morgan fingerprint density at radius 2 is 1.51 bits per heavy atom. The molecule has 6 rings (SSSR count). The number of piperidine rings is 1. The minimum atomic E-state index is -0.471. The van der Waals surface area contributed by atoms with Gasteiger partial charge in [0.1, 0.15) is 17.1 Å². The van der Waals surface area contributed by atoms with Crippen LogP contribution in [0.15, 0.2) is 91.4 Å². The fourth-order valence-electron chi connectivity index (χ4n) is 4.88. The summed E-state index contributed by atoms with van der Waals surface area (Å²) in [4.78, 5) is 14.1. The SMILES string of the molecule is CC(C)(C)OC(=O)N1CCC2(CC1)Oc1ccccc1-n1cccc12.Oc1ccccc1-n1cccc1. The van der Waals surface area contributed by atoms with Crippen molar-refractivity contribution in [3.05, 3.63) is 97.1 Å². The van der Waals surface area contributed by atoms with Gasteiger partial charge in [0, 0.05) is 44.5 Å². The van der Waals surface area contributed by atoms with E-state index in [1.54, 1.807) is 11.0 Å². The fraction of sp³-hybridized carbons (Fsp3) is 0.300. The van der Waals surface area contributed by atoms with Crippen LogP contribution in [-0.4, -0.2) is 43.9 Å². The van der Waals surface area contributed by atoms with Crippen molar-refractivity contribution in [3.63, 3.8) is 0 Å². The van der Waals surface area contributed by atoms with E-state index in [-0.39, 0.29) is 11.7 Å². The summed E-state index contributed by atoms with van der Waals surface area (Å²) in [6.07, 6.45) is 7.15. The molecule has 7 nitrogen and oxygen atoms in total. The van der Waals surface area contributed by atoms with Crippen LogP contribution in [0.5, 0.6) is 11.5 Å². The summed E-state index contributed by atoms with van der Waals surface area (Å²) in [7, 11) is 0. The average Bonchev–Trinajstić information content (AvgIpc) is 3.58. The molecule has 1 fully saturated rings. The molecule has 2 aromatic heterocycles. The molecule has 0 bridgehead atoms. The van der Waals surface area contributed by atoms with E-state index in [2.05, 4.69) is 29.0 Å². The molecule has 0 unspecified atom stereocenters. The molecule has 1 N–H and O–H groups in total. The predicted octanol–water partition coefficient (Wildman–Crippen LogP) is 6.28. The second-order valence-corrected chi connectivity index (χ2v) is 10.4. The number of fused-ring (bicyclic) bond motifs is 4. The van der Waals surface area contributed by atoms with Crippen molar-refractivity contribution in [2.24, 2.45) is 0 Å². The van der Waals surface area contributed by atoms with E-state index < -0.39 is 5.60 Å². The molecule has 1 spiro atoms. The number of hydrogen-bond acceptors (Lipinski definition) is 4. The van der Waals surface area contributed by atoms with Gasteiger partial charge in [-0.3, -0.25) is 0 Å². The molecule has 2 aliphatic rings. The number of ether oxygens (including phenoxy) is 2. The van der Waals surface area contributed by atoms with E-state index in [4.69, 9.17) is 9.47 Å². The summed E-state index contributed by atoms with van der Waals surface area (Å²) < 4.78 is 16.1. The second-order valence-electron chi connectivity index (χ2n) is 10.4. The first-order valence-electron chi connectivity index (χ1n) is 12.6. The maximum Gasteiger partial charge on any atom is 0.410 e. The predicted molar refractivity (Wildman–Crippen MR) is 143 cm³/mol. The van der Waals surface area contributed by atoms with Crippen molar-refractivity contribution in [1.82, 2.24) is 14.0 Å². The smallest absolute Gasteiger partial charge is 0.410 e. The molecule has 7 heteroatoms. The lowest BCUT2D eigenvalue weighted by Gasteiger charge is -2.45. The Bertz CT molecular complexity index is 1360. The van der Waals surface area contributed by atoms with Crippen LogP contribution in [0.3, 0.4) is 0 Å². The van der Waals surface area contributed by atoms with Gasteiger partial charge in [-0.2, -0.15) is 0 Å². The van der Waals surface area contributed by atoms with Gasteiger partial charge in [-0.1, -0.05) is 24.3 Å². The van der Waals surface area contributed by atoms with Gasteiger partial charge >= 0.3 is 6.09 Å². The van der Waals surface area contributed by atoms with Crippen LogP contribution < -0.4 is 4.74 Å². The molecule has 0 saturated carbocycles. The fourth-order valence-corrected chi connectivity index (χ4v) is 4.88. The molecule has 2 aliphatic heterocycles. The lowest BCUT2D eigenvalue weighted by molar-refractivity contribution is -0.0268. The summed E-state index contributed by atoms with van der Waals surface area (Å²) >= 11 is 0. The molecule has 0 aliphatic carbocycles. The summed E-state index contributed by atoms with van der Waals surface area (Å²) in [5.41, 5.74) is 2.19. The zero-order valence-electron chi connectivity index (χ0n) is 21.5. The standard InChI is InChI=1S/C20H24N2O3.C10H9NO/c1-19(2,3)25-18(23)21-13-10-20(11-14-21)17-9-6-12-22(17)15-7-4-5-8-16(15)24-20;12-10-6-2-1-5-9(10)11-7-3-4-8-11/h4-9,12H,10-11,13-14H2,1-3H3;1-8,12H. The number of likely N-dealkylation sites (tertiary alicyclic amines) is 1. The third-order valence-corrected chi connectivity index (χ3v) is 6.63. The minimum absolute atomic E-state index is 0.242. The molecule has 0 atom stereocenters. The molecule has 37 heavy (non-hydrogen) atoms. The van der Waals surface area contributed by atoms with E-state index in [0.717, 1.165) is 35.7 Å². The number of phenolic OH excluding ortho intramolecular Hbond substituents is 1. The van der Waals surface area contributed by atoms with Gasteiger partial charge in [-0.05, 0) is 69.3 Å². The maximum absolute atomic E-state index is 12.3. The van der Waals surface area contributed by atoms with Crippen LogP contribution in [0.4, 0.5) is 4.79 Å². The van der Waals surface area contributed by atoms with Crippen LogP contribution in [-0.2, 0) is 10.3 Å². The highest BCUT2D eigenvalue weighted by Gasteiger charge is 2.45. The quantitative estimate of drug-likeness (QED) is 0.335. The Kier molecular flexibility index (Phi) is 6.46. The molecule has 4 aromatic rings. The van der Waals surface area contributed by atoms with Crippen molar-refractivity contribution >= 4 is 6.09 Å². The highest BCUT2D eigenvalue weighted by molar-refractivity contribution is 5.68. The first-order valence-corrected chi connectivity index (χ1v) is 12.6. The van der Waals surface area contributed by atoms with Crippen molar-refractivity contribution < 1.29 is 19.4 Å². The topological polar surface area (TPSA) is 68.9 Å². The first-order chi connectivity index (χ1) is 17.8. The van der Waals surface area contributed by atoms with Crippen molar-refractivity contribution in [1.29, 1.82) is 0 Å². The van der Waals surface area contributed by atoms with Crippen LogP contribution in [0, 0.1) is 0 Å². The van der Waals surface area contributed by atoms with E-state index in [0.29, 0.717) is 18.8 Å². The van der Waals surface area contributed by atoms with Gasteiger partial charge in [-0.15, -0.1) is 0 Å². The number of carbonyl (C=O) groups excluding carboxylic acids is 1. The van der Waals surface area contributed by atoms with Gasteiger partial charge in [0.2, 0.25) is 0 Å². The highest BCUT2D eigenvalue weighted by Crippen LogP contribution is 2.45. The van der Waals surface area contributed by atoms with E-state index in [9.17, 15) is 9.90 Å². The Morgan fingerprint density at radius 1 is 0.865 bits per heavy atom. The summed E-state index contributed by atoms with van der Waals surface area (Å²) in [5, 5.41) is 9.46. The monoisotopic (exact) mass is 499 g/mol. The van der Waals surface area contributed by atoms with E-state index >= 15 is 0 Å².